The molecule has 0 aromatic rings. The molecule has 0 rings (SSSR count). The van der Waals surface area contributed by atoms with Crippen LogP contribution in [0.3, 0.4) is 0 Å². The minimum atomic E-state index is -0.198. The molecule has 4 N–H and O–H groups in total. The molecule has 86 valence electrons. The Balaban J connectivity index is 3.75. The number of nitrogens with zero attached hydrogens (tertiary/aromatic N) is 2. The Labute approximate surface area is 84.0 Å². The highest BCUT2D eigenvalue weighted by atomic mass is 16.3. The standard InChI is InChI=1S/C8H20N2O4/c1-8(10(6-13)7-14)2-3-9(4-11)5-12/h8,11-14H,2-7H2,1H3. The molecule has 0 radical (unpaired) electrons. The monoisotopic (exact) mass is 208 g/mol. The molecule has 0 heterocycles. The maximum absolute atomic E-state index is 8.83. The molecule has 6 nitrogen and oxygen atoms in total. The number of rotatable bonds is 8. The van der Waals surface area contributed by atoms with Crippen LogP contribution in [0.1, 0.15) is 13.3 Å². The molecule has 0 fully saturated rings. The summed E-state index contributed by atoms with van der Waals surface area (Å²) in [5, 5.41) is 35.2. The Morgan fingerprint density at radius 2 is 1.43 bits per heavy atom. The molecule has 6 heteroatoms. The molecule has 14 heavy (non-hydrogen) atoms. The lowest BCUT2D eigenvalue weighted by Gasteiger charge is -2.26. The molecule has 0 saturated carbocycles. The van der Waals surface area contributed by atoms with Gasteiger partial charge in [0, 0.05) is 12.6 Å². The van der Waals surface area contributed by atoms with Gasteiger partial charge in [-0.05, 0) is 13.3 Å². The summed E-state index contributed by atoms with van der Waals surface area (Å²) in [6.07, 6.45) is 0.655. The van der Waals surface area contributed by atoms with Gasteiger partial charge in [0.1, 0.15) is 0 Å². The van der Waals surface area contributed by atoms with Gasteiger partial charge in [0.15, 0.2) is 0 Å². The average molecular weight is 208 g/mol. The zero-order valence-electron chi connectivity index (χ0n) is 8.50. The fourth-order valence-corrected chi connectivity index (χ4v) is 1.06. The summed E-state index contributed by atoms with van der Waals surface area (Å²) in [6, 6.07) is 0.00519. The van der Waals surface area contributed by atoms with Crippen LogP contribution in [0.25, 0.3) is 0 Å². The maximum Gasteiger partial charge on any atom is 0.0976 e. The van der Waals surface area contributed by atoms with Crippen molar-refractivity contribution >= 4 is 0 Å². The van der Waals surface area contributed by atoms with E-state index < -0.39 is 0 Å². The highest BCUT2D eigenvalue weighted by Gasteiger charge is 2.12. The summed E-state index contributed by atoms with van der Waals surface area (Å²) < 4.78 is 0. The molecule has 0 aliphatic heterocycles. The minimum absolute atomic E-state index is 0.00519. The summed E-state index contributed by atoms with van der Waals surface area (Å²) >= 11 is 0. The number of hydrogen-bond donors (Lipinski definition) is 4. The molecule has 0 aromatic heterocycles. The smallest absolute Gasteiger partial charge is 0.0976 e. The zero-order valence-corrected chi connectivity index (χ0v) is 8.50. The number of hydrogen-bond acceptors (Lipinski definition) is 6. The van der Waals surface area contributed by atoms with Crippen LogP contribution in [0.2, 0.25) is 0 Å². The normalized spacial score (nSPS) is 13.9. The van der Waals surface area contributed by atoms with E-state index in [1.54, 1.807) is 0 Å². The van der Waals surface area contributed by atoms with Crippen LogP contribution in [0.4, 0.5) is 0 Å². The maximum atomic E-state index is 8.83. The van der Waals surface area contributed by atoms with Gasteiger partial charge in [-0.1, -0.05) is 0 Å². The molecule has 0 amide bonds. The molecule has 0 bridgehead atoms. The van der Waals surface area contributed by atoms with E-state index in [-0.39, 0.29) is 33.0 Å². The molecule has 0 saturated heterocycles. The van der Waals surface area contributed by atoms with E-state index in [0.717, 1.165) is 0 Å². The van der Waals surface area contributed by atoms with E-state index in [1.807, 2.05) is 6.92 Å². The molecule has 0 aliphatic rings. The van der Waals surface area contributed by atoms with Crippen LogP contribution in [0.15, 0.2) is 0 Å². The van der Waals surface area contributed by atoms with Gasteiger partial charge in [-0.15, -0.1) is 0 Å². The van der Waals surface area contributed by atoms with Crippen LogP contribution < -0.4 is 0 Å². The van der Waals surface area contributed by atoms with Crippen molar-refractivity contribution in [1.29, 1.82) is 0 Å². The van der Waals surface area contributed by atoms with Gasteiger partial charge < -0.3 is 20.4 Å². The van der Waals surface area contributed by atoms with Gasteiger partial charge in [0.05, 0.1) is 26.9 Å². The van der Waals surface area contributed by atoms with Crippen LogP contribution in [0.5, 0.6) is 0 Å². The van der Waals surface area contributed by atoms with Crippen molar-refractivity contribution in [2.45, 2.75) is 19.4 Å². The third-order valence-corrected chi connectivity index (χ3v) is 2.25. The minimum Gasteiger partial charge on any atom is -0.381 e. The van der Waals surface area contributed by atoms with Crippen molar-refractivity contribution in [2.24, 2.45) is 0 Å². The Morgan fingerprint density at radius 3 is 1.79 bits per heavy atom. The topological polar surface area (TPSA) is 87.4 Å². The highest BCUT2D eigenvalue weighted by molar-refractivity contribution is 4.63. The summed E-state index contributed by atoms with van der Waals surface area (Å²) in [4.78, 5) is 2.93. The van der Waals surface area contributed by atoms with Crippen LogP contribution in [0, 0.1) is 0 Å². The molecular formula is C8H20N2O4. The predicted molar refractivity (Wildman–Crippen MR) is 51.0 cm³/mol. The SMILES string of the molecule is CC(CCN(CO)CO)N(CO)CO. The van der Waals surface area contributed by atoms with E-state index in [2.05, 4.69) is 0 Å². The molecule has 0 aromatic carbocycles. The average Bonchev–Trinajstić information content (AvgIpc) is 2.21. The van der Waals surface area contributed by atoms with E-state index in [0.29, 0.717) is 13.0 Å². The van der Waals surface area contributed by atoms with Crippen molar-refractivity contribution in [3.8, 4) is 0 Å². The van der Waals surface area contributed by atoms with Crippen molar-refractivity contribution in [3.63, 3.8) is 0 Å². The van der Waals surface area contributed by atoms with Crippen LogP contribution >= 0.6 is 0 Å². The Bertz CT molecular complexity index is 129. The van der Waals surface area contributed by atoms with Gasteiger partial charge in [0.25, 0.3) is 0 Å². The van der Waals surface area contributed by atoms with Gasteiger partial charge in [-0.25, -0.2) is 0 Å². The van der Waals surface area contributed by atoms with Gasteiger partial charge in [-0.2, -0.15) is 0 Å². The lowest BCUT2D eigenvalue weighted by Crippen LogP contribution is -2.38. The van der Waals surface area contributed by atoms with E-state index in [4.69, 9.17) is 20.4 Å². The van der Waals surface area contributed by atoms with Crippen molar-refractivity contribution in [2.75, 3.05) is 33.5 Å². The first-order chi connectivity index (χ1) is 6.69. The number of aliphatic hydroxyl groups excluding tert-OH is 4. The molecule has 0 aliphatic carbocycles. The Kier molecular flexibility index (Phi) is 7.96. The van der Waals surface area contributed by atoms with E-state index >= 15 is 0 Å². The van der Waals surface area contributed by atoms with Gasteiger partial charge >= 0.3 is 0 Å². The molecular weight excluding hydrogens is 188 g/mol. The summed E-state index contributed by atoms with van der Waals surface area (Å²) in [6.45, 7) is 1.60. The van der Waals surface area contributed by atoms with Crippen LogP contribution in [-0.4, -0.2) is 69.7 Å². The molecule has 0 spiro atoms. The first-order valence-corrected chi connectivity index (χ1v) is 4.59. The summed E-state index contributed by atoms with van der Waals surface area (Å²) in [5.74, 6) is 0. The Hall–Kier alpha value is -0.240. The Morgan fingerprint density at radius 1 is 0.929 bits per heavy atom. The fourth-order valence-electron chi connectivity index (χ4n) is 1.06. The lowest BCUT2D eigenvalue weighted by molar-refractivity contribution is -0.0133. The highest BCUT2D eigenvalue weighted by Crippen LogP contribution is 2.02. The summed E-state index contributed by atoms with van der Waals surface area (Å²) in [7, 11) is 0. The van der Waals surface area contributed by atoms with Crippen LogP contribution in [-0.2, 0) is 0 Å². The third-order valence-electron chi connectivity index (χ3n) is 2.25. The predicted octanol–water partition coefficient (Wildman–Crippen LogP) is -1.83. The first-order valence-electron chi connectivity index (χ1n) is 4.59. The number of aliphatic hydroxyl groups is 4. The van der Waals surface area contributed by atoms with E-state index in [9.17, 15) is 0 Å². The van der Waals surface area contributed by atoms with Crippen molar-refractivity contribution in [1.82, 2.24) is 9.80 Å². The zero-order chi connectivity index (χ0) is 11.0. The second kappa shape index (κ2) is 8.10. The van der Waals surface area contributed by atoms with Gasteiger partial charge in [-0.3, -0.25) is 9.80 Å². The first kappa shape index (κ1) is 13.8. The van der Waals surface area contributed by atoms with Crippen molar-refractivity contribution in [3.05, 3.63) is 0 Å². The van der Waals surface area contributed by atoms with Crippen molar-refractivity contribution < 1.29 is 20.4 Å². The largest absolute Gasteiger partial charge is 0.381 e. The van der Waals surface area contributed by atoms with E-state index in [1.165, 1.54) is 9.80 Å². The quantitative estimate of drug-likeness (QED) is 0.351. The third kappa shape index (κ3) is 4.85. The molecule has 1 atom stereocenters. The second-order valence-corrected chi connectivity index (χ2v) is 3.19. The second-order valence-electron chi connectivity index (χ2n) is 3.19. The lowest BCUT2D eigenvalue weighted by atomic mass is 10.2. The summed E-state index contributed by atoms with van der Waals surface area (Å²) in [5.41, 5.74) is 0. The molecule has 1 unspecified atom stereocenters. The van der Waals surface area contributed by atoms with Gasteiger partial charge in [0.2, 0.25) is 0 Å². The fraction of sp³-hybridized carbons (Fsp3) is 1.00.